The largest absolute Gasteiger partial charge is 0.444 e. The molecule has 0 bridgehead atoms. The number of rotatable bonds is 7. The van der Waals surface area contributed by atoms with Gasteiger partial charge in [-0.2, -0.15) is 0 Å². The Morgan fingerprint density at radius 1 is 0.464 bits per heavy atom. The second-order valence-electron chi connectivity index (χ2n) is 28.2. The summed E-state index contributed by atoms with van der Waals surface area (Å²) < 4.78 is 8.46. The number of aromatic nitrogens is 3. The maximum atomic E-state index is 13.3. The molecule has 5 aliphatic heterocycles. The smallest absolute Gasteiger partial charge is 0.410 e. The molecule has 0 radical (unpaired) electrons. The number of nitrogens with one attached hydrogen (secondary N) is 1. The lowest BCUT2D eigenvalue weighted by atomic mass is 9.76. The Morgan fingerprint density at radius 3 is 1.12 bits per heavy atom. The number of benzene rings is 3. The van der Waals surface area contributed by atoms with Crippen molar-refractivity contribution in [2.75, 3.05) is 65.4 Å². The fourth-order valence-electron chi connectivity index (χ4n) is 15.8. The van der Waals surface area contributed by atoms with Crippen LogP contribution >= 0.6 is 82.6 Å². The molecule has 3 N–H and O–H groups in total. The Balaban J connectivity index is 0.000000143. The molecule has 3 aromatic heterocycles. The van der Waals surface area contributed by atoms with Gasteiger partial charge in [0.1, 0.15) is 5.60 Å². The van der Waals surface area contributed by atoms with E-state index in [1.165, 1.54) is 46.4 Å². The van der Waals surface area contributed by atoms with Crippen LogP contribution < -0.4 is 11.1 Å². The monoisotopic (exact) mass is 1560 g/mol. The van der Waals surface area contributed by atoms with Gasteiger partial charge in [-0.25, -0.2) is 9.59 Å². The van der Waals surface area contributed by atoms with Crippen LogP contribution in [0.25, 0.3) is 36.5 Å². The molecule has 14 nitrogen and oxygen atoms in total. The maximum absolute atomic E-state index is 13.3. The van der Waals surface area contributed by atoms with E-state index in [9.17, 15) is 19.2 Å². The standard InChI is InChI=1S/C31H37BrClN3O3.C27H30BrClN4O2.C19H18BrClN2/c1-31(2,3)39-30(38)36-12-8-20(9-13-36)16-27(37)35-14-10-21(11-15-35)28-26-7-6-25(33)18-22(26)4-5-23-17-24(32)19-34-29(23)28;28-21-14-20-2-1-19-15-22(29)3-4-23(19)25(26(20)31-16-21)18-7-11-32(12-8-18)24(34)13-17-5-9-33(10-6-17)27(30)35;20-15-9-14-2-1-13-10-16(21)3-4-17(13)18(19(14)23-11-15)12-5-7-22-8-6-12/h4-7,17-21,28H,8-16H2,1-3H3;1-4,14-18,25H,5-13H2,(H2,30,35);1-4,9-12,18,22H,5-8H2. The van der Waals surface area contributed by atoms with Crippen LogP contribution in [0.5, 0.6) is 0 Å². The van der Waals surface area contributed by atoms with Crippen molar-refractivity contribution in [1.29, 1.82) is 0 Å². The summed E-state index contributed by atoms with van der Waals surface area (Å²) in [6, 6.07) is 24.6. The molecule has 14 rings (SSSR count). The molecule has 6 aromatic rings. The predicted octanol–water partition coefficient (Wildman–Crippen LogP) is 18.0. The molecule has 3 aliphatic carbocycles. The molecule has 8 heterocycles. The summed E-state index contributed by atoms with van der Waals surface area (Å²) in [4.78, 5) is 72.1. The van der Waals surface area contributed by atoms with Crippen LogP contribution in [0.3, 0.4) is 0 Å². The number of pyridine rings is 3. The Bertz CT molecular complexity index is 3810. The molecular weight excluding hydrogens is 1480 g/mol. The highest BCUT2D eigenvalue weighted by Crippen LogP contribution is 2.47. The van der Waals surface area contributed by atoms with Crippen molar-refractivity contribution < 1.29 is 23.9 Å². The summed E-state index contributed by atoms with van der Waals surface area (Å²) in [5, 5.41) is 5.72. The van der Waals surface area contributed by atoms with E-state index in [2.05, 4.69) is 132 Å². The average molecular weight is 1560 g/mol. The van der Waals surface area contributed by atoms with Crippen LogP contribution in [0, 0.1) is 29.6 Å². The molecule has 97 heavy (non-hydrogen) atoms. The lowest BCUT2D eigenvalue weighted by Crippen LogP contribution is -2.44. The van der Waals surface area contributed by atoms with Crippen LogP contribution in [0.1, 0.15) is 183 Å². The number of carbonyl (C=O) groups is 4. The first-order chi connectivity index (χ1) is 46.7. The fraction of sp³-hybridized carbons (Fsp3) is 0.442. The van der Waals surface area contributed by atoms with Crippen molar-refractivity contribution in [3.8, 4) is 0 Å². The average Bonchev–Trinajstić information content (AvgIpc) is 1.76. The van der Waals surface area contributed by atoms with E-state index >= 15 is 0 Å². The number of ether oxygens (including phenoxy) is 1. The molecule has 3 aromatic carbocycles. The Hall–Kier alpha value is -5.92. The number of nitrogens with zero attached hydrogens (tertiary/aromatic N) is 7. The number of hydrogen-bond donors (Lipinski definition) is 2. The Morgan fingerprint density at radius 2 is 0.784 bits per heavy atom. The third kappa shape index (κ3) is 17.5. The zero-order valence-corrected chi connectivity index (χ0v) is 62.3. The summed E-state index contributed by atoms with van der Waals surface area (Å²) >= 11 is 29.6. The second kappa shape index (κ2) is 31.7. The molecule has 3 atom stereocenters. The minimum Gasteiger partial charge on any atom is -0.444 e. The molecule has 20 heteroatoms. The van der Waals surface area contributed by atoms with Gasteiger partial charge in [0.2, 0.25) is 11.8 Å². The predicted molar refractivity (Wildman–Crippen MR) is 400 cm³/mol. The summed E-state index contributed by atoms with van der Waals surface area (Å²) in [5.41, 5.74) is 19.1. The van der Waals surface area contributed by atoms with Gasteiger partial charge in [0.25, 0.3) is 0 Å². The van der Waals surface area contributed by atoms with Gasteiger partial charge in [-0.05, 0) is 280 Å². The minimum atomic E-state index is -0.493. The lowest BCUT2D eigenvalue weighted by Gasteiger charge is -2.38. The van der Waals surface area contributed by atoms with Gasteiger partial charge < -0.3 is 35.4 Å². The number of amides is 5. The number of urea groups is 1. The number of likely N-dealkylation sites (tertiary alicyclic amines) is 4. The number of piperidine rings is 5. The zero-order chi connectivity index (χ0) is 68.1. The molecule has 0 spiro atoms. The van der Waals surface area contributed by atoms with E-state index in [0.717, 1.165) is 153 Å². The van der Waals surface area contributed by atoms with E-state index in [0.29, 0.717) is 74.5 Å². The first-order valence-electron chi connectivity index (χ1n) is 34.4. The second-order valence-corrected chi connectivity index (χ2v) is 32.3. The Kier molecular flexibility index (Phi) is 23.2. The number of primary amides is 1. The number of fused-ring (bicyclic) bond motifs is 6. The van der Waals surface area contributed by atoms with E-state index in [-0.39, 0.29) is 35.8 Å². The summed E-state index contributed by atoms with van der Waals surface area (Å²) in [5.74, 6) is 3.16. The van der Waals surface area contributed by atoms with Gasteiger partial charge in [0.15, 0.2) is 0 Å². The first kappa shape index (κ1) is 70.9. The number of halogens is 6. The molecule has 5 fully saturated rings. The van der Waals surface area contributed by atoms with E-state index < -0.39 is 5.60 Å². The van der Waals surface area contributed by atoms with Crippen LogP contribution in [0.15, 0.2) is 105 Å². The van der Waals surface area contributed by atoms with Gasteiger partial charge in [0, 0.05) is 130 Å². The Labute approximate surface area is 611 Å². The third-order valence-corrected chi connectivity index (χ3v) is 22.8. The fourth-order valence-corrected chi connectivity index (χ4v) is 17.4. The van der Waals surface area contributed by atoms with Gasteiger partial charge in [-0.1, -0.05) is 89.5 Å². The quantitative estimate of drug-likeness (QED) is 0.158. The van der Waals surface area contributed by atoms with Gasteiger partial charge >= 0.3 is 12.1 Å². The highest BCUT2D eigenvalue weighted by atomic mass is 79.9. The van der Waals surface area contributed by atoms with Crippen LogP contribution in [-0.4, -0.2) is 130 Å². The summed E-state index contributed by atoms with van der Waals surface area (Å²) in [6.07, 6.45) is 28.9. The molecular formula is C77H85Br3Cl3N9O5. The van der Waals surface area contributed by atoms with Crippen molar-refractivity contribution in [2.45, 2.75) is 121 Å². The zero-order valence-electron chi connectivity index (χ0n) is 55.3. The van der Waals surface area contributed by atoms with Crippen molar-refractivity contribution in [1.82, 2.24) is 39.9 Å². The molecule has 5 saturated heterocycles. The topological polar surface area (TPSA) is 167 Å². The molecule has 8 aliphatic rings. The highest BCUT2D eigenvalue weighted by Gasteiger charge is 2.39. The summed E-state index contributed by atoms with van der Waals surface area (Å²) in [6.45, 7) is 13.5. The highest BCUT2D eigenvalue weighted by molar-refractivity contribution is 9.11. The lowest BCUT2D eigenvalue weighted by molar-refractivity contribution is -0.134. The molecule has 5 amide bonds. The SMILES string of the molecule is CC(C)(C)OC(=O)N1CCC(CC(=O)N2CCC(C3c4ccc(Cl)cc4C=Cc4cc(Br)cnc43)CC2)CC1.Clc1ccc2c(c1)C=Cc1cc(Br)cnc1C2C1CCNCC1.NC(=O)N1CCC(CC(=O)N2CCC(C3c4ccc(Cl)cc4C=Cc4cc(Br)cnc43)CC2)CC1. The van der Waals surface area contributed by atoms with Crippen LogP contribution in [-0.2, 0) is 14.3 Å². The van der Waals surface area contributed by atoms with Gasteiger partial charge in [-0.15, -0.1) is 0 Å². The van der Waals surface area contributed by atoms with Crippen molar-refractivity contribution >= 4 is 143 Å². The first-order valence-corrected chi connectivity index (χ1v) is 37.9. The molecule has 510 valence electrons. The maximum Gasteiger partial charge on any atom is 0.410 e. The number of nitrogens with two attached hydrogens (primary N) is 1. The van der Waals surface area contributed by atoms with Gasteiger partial charge in [0.05, 0.1) is 17.1 Å². The number of carbonyl (C=O) groups excluding carboxylic acids is 4. The van der Waals surface area contributed by atoms with E-state index in [1.807, 2.05) is 79.5 Å². The van der Waals surface area contributed by atoms with Crippen molar-refractivity contribution in [3.05, 3.63) is 187 Å². The third-order valence-electron chi connectivity index (χ3n) is 20.8. The molecule has 0 saturated carbocycles. The summed E-state index contributed by atoms with van der Waals surface area (Å²) in [7, 11) is 0. The number of hydrogen-bond acceptors (Lipinski definition) is 9. The van der Waals surface area contributed by atoms with E-state index in [1.54, 1.807) is 9.80 Å². The van der Waals surface area contributed by atoms with Gasteiger partial charge in [-0.3, -0.25) is 24.5 Å². The van der Waals surface area contributed by atoms with Crippen LogP contribution in [0.2, 0.25) is 15.1 Å². The van der Waals surface area contributed by atoms with E-state index in [4.69, 9.17) is 60.2 Å². The van der Waals surface area contributed by atoms with Crippen LogP contribution in [0.4, 0.5) is 9.59 Å². The normalized spacial score (nSPS) is 20.6. The molecule has 3 unspecified atom stereocenters. The van der Waals surface area contributed by atoms with Crippen molar-refractivity contribution in [3.63, 3.8) is 0 Å². The minimum absolute atomic E-state index is 0.157. The van der Waals surface area contributed by atoms with Crippen molar-refractivity contribution in [2.24, 2.45) is 35.3 Å².